The molecule has 0 saturated carbocycles. The van der Waals surface area contributed by atoms with Gasteiger partial charge in [0, 0.05) is 25.4 Å². The molecule has 0 aliphatic rings. The highest BCUT2D eigenvalue weighted by Gasteiger charge is 2.24. The molecule has 5 nitrogen and oxygen atoms in total. The molecule has 0 spiro atoms. The topological polar surface area (TPSA) is 63.7 Å². The van der Waals surface area contributed by atoms with Crippen LogP contribution in [0.1, 0.15) is 41.0 Å². The molecule has 0 aromatic heterocycles. The Hall–Kier alpha value is -0.620. The molecular weight excluding hydrogens is 278 g/mol. The van der Waals surface area contributed by atoms with E-state index in [-0.39, 0.29) is 24.2 Å². The largest absolute Gasteiger partial charge is 0.369 e. The second-order valence-electron chi connectivity index (χ2n) is 5.95. The van der Waals surface area contributed by atoms with Crippen molar-refractivity contribution in [3.05, 3.63) is 0 Å². The van der Waals surface area contributed by atoms with Crippen molar-refractivity contribution in [2.45, 2.75) is 53.2 Å². The van der Waals surface area contributed by atoms with Gasteiger partial charge in [0.25, 0.3) is 5.91 Å². The van der Waals surface area contributed by atoms with Crippen LogP contribution in [0.15, 0.2) is 0 Å². The lowest BCUT2D eigenvalue weighted by molar-refractivity contribution is -0.144. The van der Waals surface area contributed by atoms with Gasteiger partial charge in [0.15, 0.2) is 0 Å². The molecule has 0 aromatic rings. The van der Waals surface area contributed by atoms with E-state index >= 15 is 0 Å². The third-order valence-corrected chi connectivity index (χ3v) is 3.94. The molecule has 0 aromatic carbocycles. The molecule has 120 valence electrons. The van der Waals surface area contributed by atoms with Crippen LogP contribution in [-0.4, -0.2) is 56.5 Å². The Morgan fingerprint density at radius 3 is 2.10 bits per heavy atom. The van der Waals surface area contributed by atoms with Crippen molar-refractivity contribution < 1.29 is 17.9 Å². The van der Waals surface area contributed by atoms with Crippen LogP contribution in [0.5, 0.6) is 0 Å². The van der Waals surface area contributed by atoms with Crippen LogP contribution in [0.3, 0.4) is 0 Å². The summed E-state index contributed by atoms with van der Waals surface area (Å²) in [7, 11) is -3.07. The van der Waals surface area contributed by atoms with Crippen LogP contribution in [-0.2, 0) is 19.4 Å². The van der Waals surface area contributed by atoms with Gasteiger partial charge in [-0.3, -0.25) is 4.79 Å². The highest BCUT2D eigenvalue weighted by molar-refractivity contribution is 7.90. The first-order valence-corrected chi connectivity index (χ1v) is 9.20. The minimum atomic E-state index is -3.07. The maximum Gasteiger partial charge on any atom is 0.251 e. The number of hydrogen-bond donors (Lipinski definition) is 0. The van der Waals surface area contributed by atoms with E-state index in [1.165, 1.54) is 6.26 Å². The number of nitrogens with zero attached hydrogens (tertiary/aromatic N) is 1. The normalized spacial score (nSPS) is 13.8. The third kappa shape index (κ3) is 8.53. The first kappa shape index (κ1) is 19.4. The summed E-state index contributed by atoms with van der Waals surface area (Å²) in [6.07, 6.45) is 1.55. The molecule has 6 heteroatoms. The zero-order valence-electron chi connectivity index (χ0n) is 13.5. The van der Waals surface area contributed by atoms with Crippen molar-refractivity contribution in [1.82, 2.24) is 4.90 Å². The van der Waals surface area contributed by atoms with Crippen LogP contribution in [0, 0.1) is 5.92 Å². The zero-order chi connectivity index (χ0) is 15.9. The molecule has 1 atom stereocenters. The van der Waals surface area contributed by atoms with Gasteiger partial charge in [-0.2, -0.15) is 0 Å². The van der Waals surface area contributed by atoms with Crippen molar-refractivity contribution in [1.29, 1.82) is 0 Å². The molecule has 20 heavy (non-hydrogen) atoms. The maximum absolute atomic E-state index is 12.3. The fourth-order valence-electron chi connectivity index (χ4n) is 1.67. The van der Waals surface area contributed by atoms with E-state index in [9.17, 15) is 13.2 Å². The van der Waals surface area contributed by atoms with Crippen molar-refractivity contribution in [3.8, 4) is 0 Å². The van der Waals surface area contributed by atoms with E-state index in [4.69, 9.17) is 4.74 Å². The van der Waals surface area contributed by atoms with Gasteiger partial charge in [0.05, 0.1) is 5.75 Å². The molecule has 0 aliphatic heterocycles. The Labute approximate surface area is 123 Å². The lowest BCUT2D eigenvalue weighted by Crippen LogP contribution is -2.45. The Bertz CT molecular complexity index is 390. The summed E-state index contributed by atoms with van der Waals surface area (Å²) < 4.78 is 28.0. The first-order valence-electron chi connectivity index (χ1n) is 7.14. The standard InChI is InChI=1S/C14H29NO4S/c1-11(2)7-9-19-13(5)14(16)15(12(3)4)8-10-20(6,17)18/h11-13H,7-10H2,1-6H3. The van der Waals surface area contributed by atoms with E-state index in [0.29, 0.717) is 12.5 Å². The van der Waals surface area contributed by atoms with Crippen molar-refractivity contribution in [2.75, 3.05) is 25.2 Å². The molecule has 0 heterocycles. The number of ether oxygens (including phenoxy) is 1. The molecule has 0 bridgehead atoms. The molecule has 0 rings (SSSR count). The van der Waals surface area contributed by atoms with E-state index in [2.05, 4.69) is 13.8 Å². The second-order valence-corrected chi connectivity index (χ2v) is 8.21. The predicted molar refractivity (Wildman–Crippen MR) is 81.4 cm³/mol. The Balaban J connectivity index is 4.48. The summed E-state index contributed by atoms with van der Waals surface area (Å²) in [6.45, 7) is 10.4. The fraction of sp³-hybridized carbons (Fsp3) is 0.929. The number of hydrogen-bond acceptors (Lipinski definition) is 4. The smallest absolute Gasteiger partial charge is 0.251 e. The highest BCUT2D eigenvalue weighted by Crippen LogP contribution is 2.07. The van der Waals surface area contributed by atoms with Gasteiger partial charge in [-0.05, 0) is 33.1 Å². The Kier molecular flexibility index (Phi) is 8.35. The quantitative estimate of drug-likeness (QED) is 0.650. The lowest BCUT2D eigenvalue weighted by Gasteiger charge is -2.29. The molecule has 0 aliphatic carbocycles. The molecule has 0 saturated heterocycles. The average Bonchev–Trinajstić information content (AvgIpc) is 2.26. The summed E-state index contributed by atoms with van der Waals surface area (Å²) in [6, 6.07) is -0.0413. The van der Waals surface area contributed by atoms with Crippen LogP contribution >= 0.6 is 0 Å². The van der Waals surface area contributed by atoms with Crippen molar-refractivity contribution >= 4 is 15.7 Å². The van der Waals surface area contributed by atoms with Crippen molar-refractivity contribution in [2.24, 2.45) is 5.92 Å². The van der Waals surface area contributed by atoms with Gasteiger partial charge >= 0.3 is 0 Å². The van der Waals surface area contributed by atoms with Crippen LogP contribution in [0.25, 0.3) is 0 Å². The minimum absolute atomic E-state index is 0.0182. The zero-order valence-corrected chi connectivity index (χ0v) is 14.4. The summed E-state index contributed by atoms with van der Waals surface area (Å²) in [5.74, 6) is 0.367. The van der Waals surface area contributed by atoms with Gasteiger partial charge in [-0.1, -0.05) is 13.8 Å². The number of amides is 1. The van der Waals surface area contributed by atoms with E-state index < -0.39 is 15.9 Å². The first-order chi connectivity index (χ1) is 9.04. The third-order valence-electron chi connectivity index (χ3n) is 3.02. The van der Waals surface area contributed by atoms with Crippen LogP contribution < -0.4 is 0 Å². The summed E-state index contributed by atoms with van der Waals surface area (Å²) >= 11 is 0. The average molecular weight is 307 g/mol. The summed E-state index contributed by atoms with van der Waals surface area (Å²) in [5, 5.41) is 0. The summed E-state index contributed by atoms with van der Waals surface area (Å²) in [4.78, 5) is 13.9. The van der Waals surface area contributed by atoms with Crippen molar-refractivity contribution in [3.63, 3.8) is 0 Å². The van der Waals surface area contributed by atoms with Gasteiger partial charge in [0.2, 0.25) is 0 Å². The van der Waals surface area contributed by atoms with Gasteiger partial charge in [-0.15, -0.1) is 0 Å². The lowest BCUT2D eigenvalue weighted by atomic mass is 10.1. The van der Waals surface area contributed by atoms with Gasteiger partial charge in [0.1, 0.15) is 15.9 Å². The fourth-order valence-corrected chi connectivity index (χ4v) is 2.20. The number of carbonyl (C=O) groups is 1. The Morgan fingerprint density at radius 1 is 1.15 bits per heavy atom. The number of sulfone groups is 1. The SMILES string of the molecule is CC(C)CCOC(C)C(=O)N(CCS(C)(=O)=O)C(C)C. The van der Waals surface area contributed by atoms with Crippen LogP contribution in [0.2, 0.25) is 0 Å². The molecule has 0 N–H and O–H groups in total. The minimum Gasteiger partial charge on any atom is -0.369 e. The summed E-state index contributed by atoms with van der Waals surface area (Å²) in [5.41, 5.74) is 0. The molecule has 1 amide bonds. The van der Waals surface area contributed by atoms with E-state index in [0.717, 1.165) is 6.42 Å². The molecular formula is C14H29NO4S. The van der Waals surface area contributed by atoms with Gasteiger partial charge < -0.3 is 9.64 Å². The Morgan fingerprint density at radius 2 is 1.70 bits per heavy atom. The van der Waals surface area contributed by atoms with Gasteiger partial charge in [-0.25, -0.2) is 8.42 Å². The second kappa shape index (κ2) is 8.62. The molecule has 1 unspecified atom stereocenters. The number of carbonyl (C=O) groups excluding carboxylic acids is 1. The van der Waals surface area contributed by atoms with E-state index in [1.54, 1.807) is 11.8 Å². The highest BCUT2D eigenvalue weighted by atomic mass is 32.2. The molecule has 0 radical (unpaired) electrons. The predicted octanol–water partition coefficient (Wildman–Crippen LogP) is 1.72. The van der Waals surface area contributed by atoms with E-state index in [1.807, 2.05) is 13.8 Å². The monoisotopic (exact) mass is 307 g/mol. The molecule has 0 fully saturated rings. The number of rotatable bonds is 9. The van der Waals surface area contributed by atoms with Crippen LogP contribution in [0.4, 0.5) is 0 Å². The maximum atomic E-state index is 12.3.